The van der Waals surface area contributed by atoms with Crippen molar-refractivity contribution in [3.8, 4) is 0 Å². The third-order valence-electron chi connectivity index (χ3n) is 4.75. The summed E-state index contributed by atoms with van der Waals surface area (Å²) in [6.45, 7) is 5.97. The molecule has 0 spiro atoms. The van der Waals surface area contributed by atoms with Crippen LogP contribution in [0, 0.1) is 23.7 Å². The second-order valence-electron chi connectivity index (χ2n) is 6.26. The maximum atomic E-state index is 12.5. The Morgan fingerprint density at radius 2 is 1.81 bits per heavy atom. The third-order valence-corrected chi connectivity index (χ3v) is 4.75. The third kappa shape index (κ3) is 3.52. The van der Waals surface area contributed by atoms with E-state index in [-0.39, 0.29) is 35.7 Å². The van der Waals surface area contributed by atoms with E-state index in [0.717, 1.165) is 24.7 Å². The summed E-state index contributed by atoms with van der Waals surface area (Å²) in [5.74, 6) is -0.306. The minimum Gasteiger partial charge on any atom is -0.458 e. The molecular weight excluding hydrogens is 264 g/mol. The monoisotopic (exact) mass is 288 g/mol. The number of aldehydes is 1. The van der Waals surface area contributed by atoms with Gasteiger partial charge in [-0.1, -0.05) is 44.2 Å². The van der Waals surface area contributed by atoms with Gasteiger partial charge in [0.05, 0.1) is 5.92 Å². The van der Waals surface area contributed by atoms with Crippen LogP contribution in [0.25, 0.3) is 0 Å². The van der Waals surface area contributed by atoms with Gasteiger partial charge in [0.15, 0.2) is 0 Å². The van der Waals surface area contributed by atoms with E-state index in [1.54, 1.807) is 0 Å². The fraction of sp³-hybridized carbons (Fsp3) is 0.556. The normalized spacial score (nSPS) is 30.4. The molecule has 21 heavy (non-hydrogen) atoms. The first kappa shape index (κ1) is 15.7. The van der Waals surface area contributed by atoms with Crippen LogP contribution in [0.2, 0.25) is 0 Å². The second-order valence-corrected chi connectivity index (χ2v) is 6.26. The van der Waals surface area contributed by atoms with Crippen LogP contribution in [0.3, 0.4) is 0 Å². The molecular formula is C18H24O3. The van der Waals surface area contributed by atoms with E-state index in [4.69, 9.17) is 4.74 Å². The maximum Gasteiger partial charge on any atom is 0.310 e. The average molecular weight is 288 g/mol. The largest absolute Gasteiger partial charge is 0.458 e. The Balaban J connectivity index is 2.09. The Kier molecular flexibility index (Phi) is 5.16. The molecule has 3 nitrogen and oxygen atoms in total. The van der Waals surface area contributed by atoms with Crippen LogP contribution in [0.4, 0.5) is 0 Å². The maximum absolute atomic E-state index is 12.5. The molecule has 3 heteroatoms. The fourth-order valence-electron chi connectivity index (χ4n) is 3.28. The summed E-state index contributed by atoms with van der Waals surface area (Å²) in [7, 11) is 0. The lowest BCUT2D eigenvalue weighted by Gasteiger charge is -2.36. The van der Waals surface area contributed by atoms with Gasteiger partial charge in [0, 0.05) is 5.92 Å². The van der Waals surface area contributed by atoms with Crippen LogP contribution < -0.4 is 0 Å². The molecule has 2 unspecified atom stereocenters. The van der Waals surface area contributed by atoms with E-state index < -0.39 is 0 Å². The van der Waals surface area contributed by atoms with Crippen LogP contribution >= 0.6 is 0 Å². The van der Waals surface area contributed by atoms with E-state index in [1.165, 1.54) is 0 Å². The second kappa shape index (κ2) is 6.88. The summed E-state index contributed by atoms with van der Waals surface area (Å²) in [6.07, 6.45) is 2.64. The van der Waals surface area contributed by atoms with Crippen molar-refractivity contribution in [1.29, 1.82) is 0 Å². The van der Waals surface area contributed by atoms with E-state index >= 15 is 0 Å². The first-order valence-electron chi connectivity index (χ1n) is 7.75. The molecule has 2 rings (SSSR count). The van der Waals surface area contributed by atoms with E-state index in [1.807, 2.05) is 51.1 Å². The summed E-state index contributed by atoms with van der Waals surface area (Å²) in [6, 6.07) is 9.69. The van der Waals surface area contributed by atoms with Crippen LogP contribution in [0.15, 0.2) is 30.3 Å². The summed E-state index contributed by atoms with van der Waals surface area (Å²) in [5.41, 5.74) is 0.977. The van der Waals surface area contributed by atoms with E-state index in [2.05, 4.69) is 0 Å². The number of hydrogen-bond acceptors (Lipinski definition) is 3. The Morgan fingerprint density at radius 3 is 2.43 bits per heavy atom. The zero-order valence-corrected chi connectivity index (χ0v) is 13.0. The van der Waals surface area contributed by atoms with Crippen molar-refractivity contribution >= 4 is 12.3 Å². The number of ether oxygens (including phenoxy) is 1. The molecule has 0 radical (unpaired) electrons. The zero-order chi connectivity index (χ0) is 15.4. The van der Waals surface area contributed by atoms with Crippen molar-refractivity contribution in [2.45, 2.75) is 39.7 Å². The summed E-state index contributed by atoms with van der Waals surface area (Å²) >= 11 is 0. The van der Waals surface area contributed by atoms with E-state index in [0.29, 0.717) is 0 Å². The van der Waals surface area contributed by atoms with Gasteiger partial charge in [-0.2, -0.15) is 0 Å². The zero-order valence-electron chi connectivity index (χ0n) is 13.0. The van der Waals surface area contributed by atoms with Gasteiger partial charge in [0.25, 0.3) is 0 Å². The molecule has 114 valence electrons. The van der Waals surface area contributed by atoms with Crippen molar-refractivity contribution in [2.24, 2.45) is 23.7 Å². The first-order valence-corrected chi connectivity index (χ1v) is 7.75. The lowest BCUT2D eigenvalue weighted by Crippen LogP contribution is -2.39. The molecule has 1 aromatic rings. The Hall–Kier alpha value is -1.64. The van der Waals surface area contributed by atoms with Gasteiger partial charge >= 0.3 is 5.97 Å². The lowest BCUT2D eigenvalue weighted by atomic mass is 9.68. The number of esters is 1. The molecule has 0 saturated heterocycles. The molecule has 1 aromatic carbocycles. The molecule has 1 fully saturated rings. The smallest absolute Gasteiger partial charge is 0.310 e. The number of carbonyl (C=O) groups is 2. The van der Waals surface area contributed by atoms with Crippen molar-refractivity contribution in [3.05, 3.63) is 35.9 Å². The van der Waals surface area contributed by atoms with Crippen molar-refractivity contribution in [3.63, 3.8) is 0 Å². The number of rotatable bonds is 4. The van der Waals surface area contributed by atoms with Crippen LogP contribution in [0.5, 0.6) is 0 Å². The molecule has 5 atom stereocenters. The molecule has 0 amide bonds. The summed E-state index contributed by atoms with van der Waals surface area (Å²) in [5, 5.41) is 0. The summed E-state index contributed by atoms with van der Waals surface area (Å²) in [4.78, 5) is 23.9. The Bertz CT molecular complexity index is 482. The van der Waals surface area contributed by atoms with Crippen molar-refractivity contribution < 1.29 is 14.3 Å². The van der Waals surface area contributed by atoms with E-state index in [9.17, 15) is 9.59 Å². The SMILES string of the molecule is CC(OC(=O)[C@H]1C(C=O)[C@H](C)CC[C@@H]1C)c1ccccc1. The van der Waals surface area contributed by atoms with Gasteiger partial charge in [-0.05, 0) is 37.2 Å². The molecule has 1 saturated carbocycles. The number of benzene rings is 1. The number of hydrogen-bond donors (Lipinski definition) is 0. The average Bonchev–Trinajstić information content (AvgIpc) is 2.49. The van der Waals surface area contributed by atoms with Gasteiger partial charge < -0.3 is 9.53 Å². The fourth-order valence-corrected chi connectivity index (χ4v) is 3.28. The van der Waals surface area contributed by atoms with Gasteiger partial charge in [-0.3, -0.25) is 4.79 Å². The molecule has 1 aliphatic rings. The molecule has 0 aromatic heterocycles. The predicted molar refractivity (Wildman–Crippen MR) is 81.6 cm³/mol. The van der Waals surface area contributed by atoms with Gasteiger partial charge in [-0.25, -0.2) is 0 Å². The van der Waals surface area contributed by atoms with Crippen LogP contribution in [0.1, 0.15) is 45.3 Å². The van der Waals surface area contributed by atoms with Gasteiger partial charge in [-0.15, -0.1) is 0 Å². The molecule has 0 N–H and O–H groups in total. The van der Waals surface area contributed by atoms with Gasteiger partial charge in [0.2, 0.25) is 0 Å². The standard InChI is InChI=1S/C18H24O3/c1-12-9-10-13(2)17(16(12)11-19)18(20)21-14(3)15-7-5-4-6-8-15/h4-8,11-14,16-17H,9-10H2,1-3H3/t12-,13+,14?,16?,17-/m1/s1. The van der Waals surface area contributed by atoms with Crippen molar-refractivity contribution in [1.82, 2.24) is 0 Å². The number of carbonyl (C=O) groups excluding carboxylic acids is 2. The first-order chi connectivity index (χ1) is 10.0. The minimum absolute atomic E-state index is 0.201. The highest BCUT2D eigenvalue weighted by Crippen LogP contribution is 2.39. The predicted octanol–water partition coefficient (Wildman–Crippen LogP) is 3.79. The quantitative estimate of drug-likeness (QED) is 0.625. The Morgan fingerprint density at radius 1 is 1.19 bits per heavy atom. The molecule has 1 aliphatic carbocycles. The highest BCUT2D eigenvalue weighted by Gasteiger charge is 2.41. The van der Waals surface area contributed by atoms with Crippen LogP contribution in [-0.4, -0.2) is 12.3 Å². The van der Waals surface area contributed by atoms with Crippen LogP contribution in [-0.2, 0) is 14.3 Å². The lowest BCUT2D eigenvalue weighted by molar-refractivity contribution is -0.161. The molecule has 0 heterocycles. The molecule has 0 bridgehead atoms. The van der Waals surface area contributed by atoms with Gasteiger partial charge in [0.1, 0.15) is 12.4 Å². The topological polar surface area (TPSA) is 43.4 Å². The highest BCUT2D eigenvalue weighted by atomic mass is 16.5. The summed E-state index contributed by atoms with van der Waals surface area (Å²) < 4.78 is 5.63. The Labute approximate surface area is 126 Å². The van der Waals surface area contributed by atoms with Crippen molar-refractivity contribution in [2.75, 3.05) is 0 Å². The molecule has 0 aliphatic heterocycles. The highest BCUT2D eigenvalue weighted by molar-refractivity contribution is 5.77. The minimum atomic E-state index is -0.308.